The highest BCUT2D eigenvalue weighted by Gasteiger charge is 2.10. The zero-order chi connectivity index (χ0) is 8.27. The third-order valence-electron chi connectivity index (χ3n) is 1.05. The Morgan fingerprint density at radius 1 is 1.73 bits per heavy atom. The van der Waals surface area contributed by atoms with Gasteiger partial charge < -0.3 is 4.74 Å². The molecule has 1 rings (SSSR count). The number of halogens is 2. The molecule has 62 valence electrons. The van der Waals surface area contributed by atoms with Gasteiger partial charge in [0.05, 0.1) is 11.5 Å². The molecule has 1 heterocycles. The molecule has 1 aromatic rings. The van der Waals surface area contributed by atoms with Crippen LogP contribution in [0.4, 0.5) is 8.78 Å². The number of methoxy groups -OCH3 is 1. The monoisotopic (exact) mass is 179 g/mol. The molecule has 0 aliphatic carbocycles. The van der Waals surface area contributed by atoms with E-state index in [1.807, 2.05) is 0 Å². The Balaban J connectivity index is 2.66. The van der Waals surface area contributed by atoms with Gasteiger partial charge in [-0.05, 0) is 0 Å². The molecule has 0 saturated carbocycles. The van der Waals surface area contributed by atoms with E-state index >= 15 is 0 Å². The highest BCUT2D eigenvalue weighted by atomic mass is 32.1. The fourth-order valence-corrected chi connectivity index (χ4v) is 1.36. The van der Waals surface area contributed by atoms with Crippen LogP contribution in [0, 0.1) is 0 Å². The first-order valence-electron chi connectivity index (χ1n) is 2.95. The second-order valence-electron chi connectivity index (χ2n) is 1.89. The average molecular weight is 179 g/mol. The van der Waals surface area contributed by atoms with Crippen LogP contribution < -0.4 is 0 Å². The van der Waals surface area contributed by atoms with E-state index in [-0.39, 0.29) is 4.88 Å². The van der Waals surface area contributed by atoms with Crippen molar-refractivity contribution in [1.29, 1.82) is 0 Å². The molecule has 0 saturated heterocycles. The summed E-state index contributed by atoms with van der Waals surface area (Å²) in [6.07, 6.45) is -1.23. The number of hydrogen-bond donors (Lipinski definition) is 0. The summed E-state index contributed by atoms with van der Waals surface area (Å²) in [5.41, 5.74) is 0. The van der Waals surface area contributed by atoms with E-state index < -0.39 is 6.43 Å². The fourth-order valence-electron chi connectivity index (χ4n) is 0.615. The minimum atomic E-state index is -2.42. The topological polar surface area (TPSA) is 22.1 Å². The first kappa shape index (κ1) is 8.55. The third kappa shape index (κ3) is 2.20. The van der Waals surface area contributed by atoms with Crippen molar-refractivity contribution in [2.75, 3.05) is 7.11 Å². The summed E-state index contributed by atoms with van der Waals surface area (Å²) < 4.78 is 28.6. The van der Waals surface area contributed by atoms with Gasteiger partial charge in [-0.2, -0.15) is 0 Å². The van der Waals surface area contributed by atoms with Gasteiger partial charge in [-0.1, -0.05) is 0 Å². The first-order chi connectivity index (χ1) is 5.24. The molecule has 0 spiro atoms. The maximum atomic E-state index is 12.0. The van der Waals surface area contributed by atoms with Gasteiger partial charge in [0.2, 0.25) is 0 Å². The molecule has 0 atom stereocenters. The number of aromatic nitrogens is 1. The molecular formula is C6H7F2NOS. The molecule has 0 fully saturated rings. The van der Waals surface area contributed by atoms with Gasteiger partial charge in [-0.25, -0.2) is 13.8 Å². The van der Waals surface area contributed by atoms with Crippen LogP contribution in [0.2, 0.25) is 0 Å². The number of rotatable bonds is 3. The average Bonchev–Trinajstić information content (AvgIpc) is 2.37. The maximum Gasteiger partial charge on any atom is 0.274 e. The number of ether oxygens (including phenoxy) is 1. The van der Waals surface area contributed by atoms with Crippen LogP contribution in [0.3, 0.4) is 0 Å². The predicted molar refractivity (Wildman–Crippen MR) is 37.8 cm³/mol. The Morgan fingerprint density at radius 3 is 2.91 bits per heavy atom. The highest BCUT2D eigenvalue weighted by molar-refractivity contribution is 7.11. The first-order valence-corrected chi connectivity index (χ1v) is 3.77. The van der Waals surface area contributed by atoms with Gasteiger partial charge in [0.1, 0.15) is 5.01 Å². The molecule has 0 unspecified atom stereocenters. The number of nitrogens with zero attached hydrogens (tertiary/aromatic N) is 1. The summed E-state index contributed by atoms with van der Waals surface area (Å²) in [5.74, 6) is 0. The maximum absolute atomic E-state index is 12.0. The summed E-state index contributed by atoms with van der Waals surface area (Å²) in [6.45, 7) is 0.303. The second kappa shape index (κ2) is 3.73. The normalized spacial score (nSPS) is 10.9. The van der Waals surface area contributed by atoms with Crippen LogP contribution >= 0.6 is 11.3 Å². The Labute approximate surface area is 66.8 Å². The zero-order valence-electron chi connectivity index (χ0n) is 5.88. The van der Waals surface area contributed by atoms with Gasteiger partial charge in [0.25, 0.3) is 6.43 Å². The van der Waals surface area contributed by atoms with Crippen LogP contribution in [0.1, 0.15) is 16.3 Å². The summed E-state index contributed by atoms with van der Waals surface area (Å²) in [5, 5.41) is 0.586. The standard InChI is InChI=1S/C6H7F2NOS/c1-10-3-5-9-2-4(11-5)6(7)8/h2,6H,3H2,1H3. The quantitative estimate of drug-likeness (QED) is 0.709. The smallest absolute Gasteiger partial charge is 0.274 e. The molecule has 0 aliphatic heterocycles. The second-order valence-corrected chi connectivity index (χ2v) is 3.04. The van der Waals surface area contributed by atoms with Gasteiger partial charge in [-0.15, -0.1) is 11.3 Å². The minimum absolute atomic E-state index is 0.00273. The summed E-state index contributed by atoms with van der Waals surface area (Å²) in [4.78, 5) is 3.74. The van der Waals surface area contributed by atoms with Crippen molar-refractivity contribution in [2.45, 2.75) is 13.0 Å². The van der Waals surface area contributed by atoms with Crippen LogP contribution in [0.25, 0.3) is 0 Å². The van der Waals surface area contributed by atoms with Crippen molar-refractivity contribution in [1.82, 2.24) is 4.98 Å². The predicted octanol–water partition coefficient (Wildman–Crippen LogP) is 2.23. The van der Waals surface area contributed by atoms with Gasteiger partial charge in [0, 0.05) is 13.3 Å². The molecule has 1 aromatic heterocycles. The number of thiazole rings is 1. The van der Waals surface area contributed by atoms with E-state index in [0.717, 1.165) is 11.3 Å². The van der Waals surface area contributed by atoms with Crippen molar-refractivity contribution >= 4 is 11.3 Å². The van der Waals surface area contributed by atoms with Crippen molar-refractivity contribution in [3.8, 4) is 0 Å². The largest absolute Gasteiger partial charge is 0.378 e. The highest BCUT2D eigenvalue weighted by Crippen LogP contribution is 2.24. The molecule has 0 bridgehead atoms. The van der Waals surface area contributed by atoms with E-state index in [1.54, 1.807) is 0 Å². The van der Waals surface area contributed by atoms with Crippen molar-refractivity contribution in [2.24, 2.45) is 0 Å². The van der Waals surface area contributed by atoms with Crippen LogP contribution in [0.5, 0.6) is 0 Å². The molecule has 5 heteroatoms. The van der Waals surface area contributed by atoms with E-state index in [0.29, 0.717) is 11.6 Å². The number of hydrogen-bond acceptors (Lipinski definition) is 3. The van der Waals surface area contributed by atoms with Gasteiger partial charge >= 0.3 is 0 Å². The molecule has 0 N–H and O–H groups in total. The van der Waals surface area contributed by atoms with Crippen molar-refractivity contribution in [3.05, 3.63) is 16.1 Å². The SMILES string of the molecule is COCc1ncc(C(F)F)s1. The van der Waals surface area contributed by atoms with Crippen LogP contribution in [-0.2, 0) is 11.3 Å². The lowest BCUT2D eigenvalue weighted by Crippen LogP contribution is -1.82. The molecule has 2 nitrogen and oxygen atoms in total. The zero-order valence-corrected chi connectivity index (χ0v) is 6.70. The molecule has 11 heavy (non-hydrogen) atoms. The van der Waals surface area contributed by atoms with Crippen molar-refractivity contribution < 1.29 is 13.5 Å². The van der Waals surface area contributed by atoms with Gasteiger partial charge in [0.15, 0.2) is 0 Å². The molecule has 0 radical (unpaired) electrons. The summed E-state index contributed by atoms with van der Waals surface area (Å²) >= 11 is 0.979. The molecular weight excluding hydrogens is 172 g/mol. The number of alkyl halides is 2. The molecule has 0 aromatic carbocycles. The van der Waals surface area contributed by atoms with Gasteiger partial charge in [-0.3, -0.25) is 0 Å². The lowest BCUT2D eigenvalue weighted by atomic mass is 10.6. The molecule has 0 aliphatic rings. The lowest BCUT2D eigenvalue weighted by Gasteiger charge is -1.90. The van der Waals surface area contributed by atoms with E-state index in [1.165, 1.54) is 13.3 Å². The Hall–Kier alpha value is -0.550. The Bertz CT molecular complexity index is 226. The Kier molecular flexibility index (Phi) is 2.90. The van der Waals surface area contributed by atoms with Crippen LogP contribution in [0.15, 0.2) is 6.20 Å². The van der Waals surface area contributed by atoms with E-state index in [4.69, 9.17) is 4.74 Å². The van der Waals surface area contributed by atoms with Crippen LogP contribution in [-0.4, -0.2) is 12.1 Å². The summed E-state index contributed by atoms with van der Waals surface area (Å²) in [6, 6.07) is 0. The lowest BCUT2D eigenvalue weighted by molar-refractivity contribution is 0.155. The fraction of sp³-hybridized carbons (Fsp3) is 0.500. The Morgan fingerprint density at radius 2 is 2.45 bits per heavy atom. The van der Waals surface area contributed by atoms with E-state index in [2.05, 4.69) is 4.98 Å². The van der Waals surface area contributed by atoms with Crippen molar-refractivity contribution in [3.63, 3.8) is 0 Å². The third-order valence-corrected chi connectivity index (χ3v) is 2.03. The minimum Gasteiger partial charge on any atom is -0.378 e. The van der Waals surface area contributed by atoms with E-state index in [9.17, 15) is 8.78 Å². The molecule has 0 amide bonds. The summed E-state index contributed by atoms with van der Waals surface area (Å²) in [7, 11) is 1.50.